The van der Waals surface area contributed by atoms with E-state index in [2.05, 4.69) is 20.9 Å². The summed E-state index contributed by atoms with van der Waals surface area (Å²) in [4.78, 5) is 42.6. The van der Waals surface area contributed by atoms with Gasteiger partial charge in [-0.05, 0) is 55.7 Å². The molecule has 3 aromatic rings. The molecule has 3 aromatic carbocycles. The maximum atomic E-state index is 13.8. The molecule has 0 spiro atoms. The number of nitrogens with one attached hydrogen (secondary N) is 3. The lowest BCUT2D eigenvalue weighted by molar-refractivity contribution is -0.128. The molecule has 0 bridgehead atoms. The zero-order chi connectivity index (χ0) is 32.1. The molecule has 1 fully saturated rings. The number of amides is 4. The van der Waals surface area contributed by atoms with Gasteiger partial charge in [0, 0.05) is 37.4 Å². The first kappa shape index (κ1) is 32.6. The first-order valence-electron chi connectivity index (χ1n) is 14.9. The molecule has 12 heteroatoms. The Labute approximate surface area is 272 Å². The quantitative estimate of drug-likeness (QED) is 0.281. The fourth-order valence-electron chi connectivity index (χ4n) is 5.39. The topological polar surface area (TPSA) is 112 Å². The van der Waals surface area contributed by atoms with Crippen LogP contribution >= 0.6 is 23.2 Å². The summed E-state index contributed by atoms with van der Waals surface area (Å²) in [5.74, 6) is -0.275. The SMILES string of the molecule is CC(C)NC(=O)Nc1cccc(-c2ccc(C(CN3CCOCC3)NC(=O)C(C)N3C(=O)COc4cc(Cl)c(Cl)cc43)cc2)c1. The van der Waals surface area contributed by atoms with Crippen molar-refractivity contribution in [2.24, 2.45) is 0 Å². The first-order chi connectivity index (χ1) is 21.6. The maximum absolute atomic E-state index is 13.8. The van der Waals surface area contributed by atoms with Crippen molar-refractivity contribution in [1.82, 2.24) is 15.5 Å². The summed E-state index contributed by atoms with van der Waals surface area (Å²) in [6.45, 7) is 8.59. The van der Waals surface area contributed by atoms with Crippen LogP contribution in [0.25, 0.3) is 11.1 Å². The molecular formula is C33H37Cl2N5O5. The molecule has 2 aliphatic rings. The molecule has 3 N–H and O–H groups in total. The van der Waals surface area contributed by atoms with E-state index in [1.165, 1.54) is 4.90 Å². The average Bonchev–Trinajstić information content (AvgIpc) is 3.01. The lowest BCUT2D eigenvalue weighted by Gasteiger charge is -2.35. The summed E-state index contributed by atoms with van der Waals surface area (Å²) >= 11 is 12.4. The van der Waals surface area contributed by atoms with Crippen LogP contribution in [0.1, 0.15) is 32.4 Å². The third-order valence-electron chi connectivity index (χ3n) is 7.70. The molecule has 45 heavy (non-hydrogen) atoms. The standard InChI is InChI=1S/C33H37Cl2N5O5/c1-20(2)36-33(43)37-25-6-4-5-24(15-25)22-7-9-23(10-8-22)28(18-39-11-13-44-14-12-39)38-32(42)21(3)40-29-16-26(34)27(35)17-30(29)45-19-31(40)41/h4-10,15-17,20-21,28H,11-14,18-19H2,1-3H3,(H,38,42)(H2,36,37,43). The lowest BCUT2D eigenvalue weighted by atomic mass is 9.99. The van der Waals surface area contributed by atoms with E-state index < -0.39 is 6.04 Å². The molecule has 5 rings (SSSR count). The highest BCUT2D eigenvalue weighted by Crippen LogP contribution is 2.39. The smallest absolute Gasteiger partial charge is 0.319 e. The number of ether oxygens (including phenoxy) is 2. The molecule has 0 aliphatic carbocycles. The normalized spacial score (nSPS) is 16.4. The van der Waals surface area contributed by atoms with Crippen molar-refractivity contribution >= 4 is 52.4 Å². The Balaban J connectivity index is 1.36. The second kappa shape index (κ2) is 14.5. The van der Waals surface area contributed by atoms with Gasteiger partial charge in [-0.2, -0.15) is 0 Å². The number of anilines is 2. The van der Waals surface area contributed by atoms with E-state index in [9.17, 15) is 14.4 Å². The highest BCUT2D eigenvalue weighted by molar-refractivity contribution is 6.42. The number of carbonyl (C=O) groups is 3. The largest absolute Gasteiger partial charge is 0.482 e. The van der Waals surface area contributed by atoms with E-state index in [1.54, 1.807) is 19.1 Å². The van der Waals surface area contributed by atoms with Crippen LogP contribution in [0.3, 0.4) is 0 Å². The number of morpholine rings is 1. The molecule has 2 aliphatic heterocycles. The van der Waals surface area contributed by atoms with E-state index in [-0.39, 0.29) is 41.6 Å². The summed E-state index contributed by atoms with van der Waals surface area (Å²) in [5, 5.41) is 9.45. The van der Waals surface area contributed by atoms with Gasteiger partial charge in [0.1, 0.15) is 11.8 Å². The summed E-state index contributed by atoms with van der Waals surface area (Å²) < 4.78 is 11.1. The Bertz CT molecular complexity index is 1540. The van der Waals surface area contributed by atoms with E-state index in [0.717, 1.165) is 29.8 Å². The molecule has 10 nitrogen and oxygen atoms in total. The molecule has 0 saturated carbocycles. The summed E-state index contributed by atoms with van der Waals surface area (Å²) in [6.07, 6.45) is 0. The average molecular weight is 655 g/mol. The van der Waals surface area contributed by atoms with Crippen LogP contribution < -0.4 is 25.6 Å². The second-order valence-electron chi connectivity index (χ2n) is 11.4. The summed E-state index contributed by atoms with van der Waals surface area (Å²) in [6, 6.07) is 17.3. The Hall–Kier alpha value is -3.83. The van der Waals surface area contributed by atoms with Crippen molar-refractivity contribution in [3.63, 3.8) is 0 Å². The van der Waals surface area contributed by atoms with Gasteiger partial charge in [-0.15, -0.1) is 0 Å². The van der Waals surface area contributed by atoms with Crippen molar-refractivity contribution < 1.29 is 23.9 Å². The number of fused-ring (bicyclic) bond motifs is 1. The van der Waals surface area contributed by atoms with Crippen LogP contribution in [0.2, 0.25) is 10.0 Å². The lowest BCUT2D eigenvalue weighted by Crippen LogP contribution is -2.53. The minimum absolute atomic E-state index is 0.0253. The van der Waals surface area contributed by atoms with Crippen molar-refractivity contribution in [2.75, 3.05) is 49.7 Å². The number of hydrogen-bond donors (Lipinski definition) is 3. The number of carbonyl (C=O) groups excluding carboxylic acids is 3. The zero-order valence-electron chi connectivity index (χ0n) is 25.4. The minimum atomic E-state index is -0.841. The number of rotatable bonds is 9. The van der Waals surface area contributed by atoms with Gasteiger partial charge >= 0.3 is 6.03 Å². The van der Waals surface area contributed by atoms with Crippen LogP contribution in [0.4, 0.5) is 16.2 Å². The Morgan fingerprint density at radius 2 is 1.62 bits per heavy atom. The van der Waals surface area contributed by atoms with Crippen molar-refractivity contribution in [2.45, 2.75) is 38.9 Å². The molecule has 1 saturated heterocycles. The molecule has 2 heterocycles. The summed E-state index contributed by atoms with van der Waals surface area (Å²) in [7, 11) is 0. The number of halogens is 2. The van der Waals surface area contributed by atoms with Gasteiger partial charge in [0.05, 0.1) is 35.0 Å². The van der Waals surface area contributed by atoms with Crippen LogP contribution in [0.5, 0.6) is 5.75 Å². The third-order valence-corrected chi connectivity index (χ3v) is 8.42. The number of urea groups is 1. The first-order valence-corrected chi connectivity index (χ1v) is 15.7. The molecular weight excluding hydrogens is 617 g/mol. The van der Waals surface area contributed by atoms with E-state index >= 15 is 0 Å². The maximum Gasteiger partial charge on any atom is 0.319 e. The molecule has 0 radical (unpaired) electrons. The third kappa shape index (κ3) is 8.07. The van der Waals surface area contributed by atoms with Gasteiger partial charge < -0.3 is 25.4 Å². The van der Waals surface area contributed by atoms with Gasteiger partial charge in [-0.3, -0.25) is 19.4 Å². The van der Waals surface area contributed by atoms with Gasteiger partial charge in [-0.1, -0.05) is 59.6 Å². The monoisotopic (exact) mass is 653 g/mol. The minimum Gasteiger partial charge on any atom is -0.482 e. The zero-order valence-corrected chi connectivity index (χ0v) is 27.0. The molecule has 2 unspecified atom stereocenters. The van der Waals surface area contributed by atoms with Gasteiger partial charge in [0.2, 0.25) is 5.91 Å². The second-order valence-corrected chi connectivity index (χ2v) is 12.2. The molecule has 0 aromatic heterocycles. The van der Waals surface area contributed by atoms with Crippen molar-refractivity contribution in [1.29, 1.82) is 0 Å². The van der Waals surface area contributed by atoms with Crippen molar-refractivity contribution in [3.8, 4) is 16.9 Å². The van der Waals surface area contributed by atoms with Crippen LogP contribution in [-0.4, -0.2) is 74.3 Å². The molecule has 2 atom stereocenters. The Kier molecular flexibility index (Phi) is 10.5. The number of benzene rings is 3. The van der Waals surface area contributed by atoms with Crippen LogP contribution in [-0.2, 0) is 14.3 Å². The Morgan fingerprint density at radius 1 is 0.911 bits per heavy atom. The molecule has 4 amide bonds. The predicted molar refractivity (Wildman–Crippen MR) is 176 cm³/mol. The fourth-order valence-corrected chi connectivity index (χ4v) is 5.70. The highest BCUT2D eigenvalue weighted by atomic mass is 35.5. The van der Waals surface area contributed by atoms with Gasteiger partial charge in [-0.25, -0.2) is 4.79 Å². The van der Waals surface area contributed by atoms with Gasteiger partial charge in [0.15, 0.2) is 6.61 Å². The Morgan fingerprint density at radius 3 is 2.33 bits per heavy atom. The highest BCUT2D eigenvalue weighted by Gasteiger charge is 2.35. The van der Waals surface area contributed by atoms with Crippen LogP contribution in [0, 0.1) is 0 Å². The fraction of sp³-hybridized carbons (Fsp3) is 0.364. The van der Waals surface area contributed by atoms with Gasteiger partial charge in [0.25, 0.3) is 5.91 Å². The summed E-state index contributed by atoms with van der Waals surface area (Å²) in [5.41, 5.74) is 3.90. The number of nitrogens with zero attached hydrogens (tertiary/aromatic N) is 2. The molecule has 238 valence electrons. The van der Waals surface area contributed by atoms with Crippen LogP contribution in [0.15, 0.2) is 60.7 Å². The number of hydrogen-bond acceptors (Lipinski definition) is 6. The van der Waals surface area contributed by atoms with E-state index in [0.29, 0.717) is 41.9 Å². The van der Waals surface area contributed by atoms with E-state index in [4.69, 9.17) is 32.7 Å². The predicted octanol–water partition coefficient (Wildman–Crippen LogP) is 5.49. The van der Waals surface area contributed by atoms with Crippen molar-refractivity contribution in [3.05, 3.63) is 76.3 Å². The van der Waals surface area contributed by atoms with E-state index in [1.807, 2.05) is 62.4 Å².